The molecular formula is C9H12IN. The van der Waals surface area contributed by atoms with Crippen molar-refractivity contribution in [3.63, 3.8) is 0 Å². The van der Waals surface area contributed by atoms with Crippen molar-refractivity contribution in [1.29, 1.82) is 0 Å². The SMILES string of the molecule is CCCCc1ccncc1I. The van der Waals surface area contributed by atoms with Crippen molar-refractivity contribution in [1.82, 2.24) is 4.98 Å². The summed E-state index contributed by atoms with van der Waals surface area (Å²) in [6.07, 6.45) is 7.52. The van der Waals surface area contributed by atoms with Gasteiger partial charge >= 0.3 is 0 Å². The summed E-state index contributed by atoms with van der Waals surface area (Å²) in [5, 5.41) is 0. The van der Waals surface area contributed by atoms with E-state index in [2.05, 4.69) is 40.6 Å². The van der Waals surface area contributed by atoms with Crippen LogP contribution in [0.2, 0.25) is 0 Å². The van der Waals surface area contributed by atoms with Gasteiger partial charge in [-0.15, -0.1) is 0 Å². The van der Waals surface area contributed by atoms with Gasteiger partial charge in [0.05, 0.1) is 0 Å². The van der Waals surface area contributed by atoms with Gasteiger partial charge in [0.2, 0.25) is 0 Å². The van der Waals surface area contributed by atoms with Crippen molar-refractivity contribution in [3.05, 3.63) is 27.6 Å². The smallest absolute Gasteiger partial charge is 0.0404 e. The molecule has 1 aromatic heterocycles. The van der Waals surface area contributed by atoms with Gasteiger partial charge in [0.15, 0.2) is 0 Å². The van der Waals surface area contributed by atoms with E-state index >= 15 is 0 Å². The van der Waals surface area contributed by atoms with E-state index in [4.69, 9.17) is 0 Å². The highest BCUT2D eigenvalue weighted by Gasteiger charge is 1.96. The number of hydrogen-bond donors (Lipinski definition) is 0. The predicted octanol–water partition coefficient (Wildman–Crippen LogP) is 3.03. The Labute approximate surface area is 81.4 Å². The third kappa shape index (κ3) is 2.77. The van der Waals surface area contributed by atoms with Crippen LogP contribution in [0, 0.1) is 3.57 Å². The van der Waals surface area contributed by atoms with Crippen LogP contribution in [0.5, 0.6) is 0 Å². The van der Waals surface area contributed by atoms with E-state index in [0.717, 1.165) is 0 Å². The summed E-state index contributed by atoms with van der Waals surface area (Å²) in [6.45, 7) is 2.22. The lowest BCUT2D eigenvalue weighted by Gasteiger charge is -2.00. The number of halogens is 1. The van der Waals surface area contributed by atoms with Gasteiger partial charge in [-0.1, -0.05) is 13.3 Å². The van der Waals surface area contributed by atoms with Crippen molar-refractivity contribution in [2.45, 2.75) is 26.2 Å². The predicted molar refractivity (Wildman–Crippen MR) is 55.6 cm³/mol. The summed E-state index contributed by atoms with van der Waals surface area (Å²) in [6, 6.07) is 2.11. The van der Waals surface area contributed by atoms with E-state index in [0.29, 0.717) is 0 Å². The molecule has 0 fully saturated rings. The molecule has 0 amide bonds. The lowest BCUT2D eigenvalue weighted by molar-refractivity contribution is 0.791. The maximum Gasteiger partial charge on any atom is 0.0404 e. The van der Waals surface area contributed by atoms with Crippen LogP contribution in [0.15, 0.2) is 18.5 Å². The molecule has 0 saturated heterocycles. The molecular weight excluding hydrogens is 249 g/mol. The molecule has 0 spiro atoms. The molecule has 0 radical (unpaired) electrons. The Balaban J connectivity index is 2.62. The Morgan fingerprint density at radius 2 is 2.36 bits per heavy atom. The maximum absolute atomic E-state index is 4.05. The van der Waals surface area contributed by atoms with E-state index in [1.807, 2.05) is 12.4 Å². The van der Waals surface area contributed by atoms with Crippen molar-refractivity contribution in [2.24, 2.45) is 0 Å². The van der Waals surface area contributed by atoms with Gasteiger partial charge in [-0.3, -0.25) is 4.98 Å². The standard InChI is InChI=1S/C9H12IN/c1-2-3-4-8-5-6-11-7-9(8)10/h5-7H,2-4H2,1H3. The zero-order valence-electron chi connectivity index (χ0n) is 6.68. The van der Waals surface area contributed by atoms with Crippen LogP contribution < -0.4 is 0 Å². The highest BCUT2D eigenvalue weighted by Crippen LogP contribution is 2.12. The van der Waals surface area contributed by atoms with E-state index in [9.17, 15) is 0 Å². The fraction of sp³-hybridized carbons (Fsp3) is 0.444. The van der Waals surface area contributed by atoms with Crippen molar-refractivity contribution >= 4 is 22.6 Å². The first-order valence-electron chi connectivity index (χ1n) is 3.93. The molecule has 11 heavy (non-hydrogen) atoms. The molecule has 1 heterocycles. The molecule has 2 heteroatoms. The average Bonchev–Trinajstić information content (AvgIpc) is 2.03. The summed E-state index contributed by atoms with van der Waals surface area (Å²) in [5.41, 5.74) is 1.43. The van der Waals surface area contributed by atoms with E-state index < -0.39 is 0 Å². The minimum atomic E-state index is 1.19. The zero-order chi connectivity index (χ0) is 8.10. The van der Waals surface area contributed by atoms with Crippen LogP contribution in [0.4, 0.5) is 0 Å². The van der Waals surface area contributed by atoms with Crippen LogP contribution in [0.3, 0.4) is 0 Å². The Morgan fingerprint density at radius 3 is 3.00 bits per heavy atom. The van der Waals surface area contributed by atoms with E-state index in [1.54, 1.807) is 0 Å². The Kier molecular flexibility index (Phi) is 3.83. The summed E-state index contributed by atoms with van der Waals surface area (Å²) >= 11 is 2.34. The molecule has 0 atom stereocenters. The molecule has 1 aromatic rings. The monoisotopic (exact) mass is 261 g/mol. The largest absolute Gasteiger partial charge is 0.264 e. The second-order valence-corrected chi connectivity index (χ2v) is 3.73. The lowest BCUT2D eigenvalue weighted by atomic mass is 10.1. The van der Waals surface area contributed by atoms with E-state index in [1.165, 1.54) is 28.4 Å². The maximum atomic E-state index is 4.05. The minimum Gasteiger partial charge on any atom is -0.264 e. The summed E-state index contributed by atoms with van der Waals surface area (Å²) in [7, 11) is 0. The molecule has 0 aliphatic heterocycles. The fourth-order valence-corrected chi connectivity index (χ4v) is 1.58. The Hall–Kier alpha value is -0.120. The molecule has 0 N–H and O–H groups in total. The van der Waals surface area contributed by atoms with Gasteiger partial charge in [-0.2, -0.15) is 0 Å². The van der Waals surface area contributed by atoms with Gasteiger partial charge in [0, 0.05) is 16.0 Å². The molecule has 0 saturated carbocycles. The number of aryl methyl sites for hydroxylation is 1. The molecule has 0 bridgehead atoms. The van der Waals surface area contributed by atoms with Gasteiger partial charge in [0.1, 0.15) is 0 Å². The van der Waals surface area contributed by atoms with Crippen LogP contribution in [-0.2, 0) is 6.42 Å². The first-order valence-corrected chi connectivity index (χ1v) is 5.01. The first-order chi connectivity index (χ1) is 5.34. The molecule has 1 nitrogen and oxygen atoms in total. The first kappa shape index (κ1) is 8.97. The van der Waals surface area contributed by atoms with Crippen LogP contribution >= 0.6 is 22.6 Å². The van der Waals surface area contributed by atoms with Gasteiger partial charge in [-0.25, -0.2) is 0 Å². The minimum absolute atomic E-state index is 1.19. The highest BCUT2D eigenvalue weighted by molar-refractivity contribution is 14.1. The second-order valence-electron chi connectivity index (χ2n) is 2.57. The molecule has 0 aliphatic rings. The van der Waals surface area contributed by atoms with Crippen LogP contribution in [0.25, 0.3) is 0 Å². The number of hydrogen-bond acceptors (Lipinski definition) is 1. The number of nitrogens with zero attached hydrogens (tertiary/aromatic N) is 1. The zero-order valence-corrected chi connectivity index (χ0v) is 8.84. The quantitative estimate of drug-likeness (QED) is 0.762. The summed E-state index contributed by atoms with van der Waals surface area (Å²) in [4.78, 5) is 4.05. The molecule has 0 aliphatic carbocycles. The molecule has 1 rings (SSSR count). The average molecular weight is 261 g/mol. The number of pyridine rings is 1. The number of rotatable bonds is 3. The van der Waals surface area contributed by atoms with Gasteiger partial charge in [-0.05, 0) is 47.1 Å². The molecule has 0 unspecified atom stereocenters. The topological polar surface area (TPSA) is 12.9 Å². The number of aromatic nitrogens is 1. The molecule has 60 valence electrons. The third-order valence-electron chi connectivity index (χ3n) is 1.66. The summed E-state index contributed by atoms with van der Waals surface area (Å²) in [5.74, 6) is 0. The third-order valence-corrected chi connectivity index (χ3v) is 2.63. The molecule has 0 aromatic carbocycles. The Bertz CT molecular complexity index is 223. The van der Waals surface area contributed by atoms with Gasteiger partial charge < -0.3 is 0 Å². The van der Waals surface area contributed by atoms with Crippen molar-refractivity contribution in [3.8, 4) is 0 Å². The van der Waals surface area contributed by atoms with Crippen molar-refractivity contribution in [2.75, 3.05) is 0 Å². The lowest BCUT2D eigenvalue weighted by Crippen LogP contribution is -1.89. The second kappa shape index (κ2) is 4.70. The Morgan fingerprint density at radius 1 is 1.55 bits per heavy atom. The van der Waals surface area contributed by atoms with Crippen molar-refractivity contribution < 1.29 is 0 Å². The number of unbranched alkanes of at least 4 members (excludes halogenated alkanes) is 1. The van der Waals surface area contributed by atoms with Gasteiger partial charge in [0.25, 0.3) is 0 Å². The fourth-order valence-electron chi connectivity index (χ4n) is 0.974. The normalized spacial score (nSPS) is 10.0. The summed E-state index contributed by atoms with van der Waals surface area (Å²) < 4.78 is 1.29. The van der Waals surface area contributed by atoms with Crippen LogP contribution in [0.1, 0.15) is 25.3 Å². The van der Waals surface area contributed by atoms with E-state index in [-0.39, 0.29) is 0 Å². The highest BCUT2D eigenvalue weighted by atomic mass is 127. The van der Waals surface area contributed by atoms with Crippen LogP contribution in [-0.4, -0.2) is 4.98 Å².